The van der Waals surface area contributed by atoms with E-state index in [-0.39, 0.29) is 34.1 Å². The van der Waals surface area contributed by atoms with Gasteiger partial charge in [0.05, 0.1) is 23.4 Å². The Balaban J connectivity index is 1.15. The number of hydrogen-bond donors (Lipinski definition) is 0. The standard InChI is InChI=1S/C51H34N4/c1-4-13-35(14-5-1)37-23-27-40(28-24-37)49-52-50(41-29-25-38(26-30-41)36-15-6-2-7-16-36)54-51(53-49)42-31-33-43(34-32-42)55-47-22-11-10-19-45(47)46-21-12-20-44(48(46)55)39-17-8-3-9-18-39/h1-34H/i3D,8D,9D,10D,11D,17D,18D,19D,22D. The van der Waals surface area contributed by atoms with E-state index in [1.54, 1.807) is 34.9 Å². The maximum Gasteiger partial charge on any atom is 0.164 e. The molecular weight excluding hydrogens is 669 g/mol. The third-order valence-electron chi connectivity index (χ3n) is 9.71. The van der Waals surface area contributed by atoms with Gasteiger partial charge in [-0.1, -0.05) is 176 Å². The van der Waals surface area contributed by atoms with Crippen molar-refractivity contribution in [3.63, 3.8) is 0 Å². The second-order valence-corrected chi connectivity index (χ2v) is 13.0. The van der Waals surface area contributed by atoms with Crippen molar-refractivity contribution in [1.29, 1.82) is 0 Å². The fourth-order valence-electron chi connectivity index (χ4n) is 7.02. The first-order valence-corrected chi connectivity index (χ1v) is 17.8. The number of aromatic nitrogens is 4. The Bertz CT molecular complexity index is 3320. The van der Waals surface area contributed by atoms with Crippen molar-refractivity contribution >= 4 is 21.8 Å². The number of nitrogens with zero attached hydrogens (tertiary/aromatic N) is 4. The summed E-state index contributed by atoms with van der Waals surface area (Å²) in [6, 6.07) is 44.8. The first kappa shape index (κ1) is 24.0. The van der Waals surface area contributed by atoms with Crippen LogP contribution in [-0.2, 0) is 0 Å². The third kappa shape index (κ3) is 6.06. The Labute approximate surface area is 332 Å². The molecule has 2 aromatic heterocycles. The lowest BCUT2D eigenvalue weighted by atomic mass is 10.0. The minimum atomic E-state index is -0.528. The van der Waals surface area contributed by atoms with Gasteiger partial charge in [-0.15, -0.1) is 0 Å². The van der Waals surface area contributed by atoms with E-state index in [0.717, 1.165) is 33.4 Å². The average Bonchev–Trinajstić information content (AvgIpc) is 3.70. The normalized spacial score (nSPS) is 13.6. The molecule has 0 bridgehead atoms. The summed E-state index contributed by atoms with van der Waals surface area (Å²) >= 11 is 0. The molecule has 4 heteroatoms. The molecule has 4 nitrogen and oxygen atoms in total. The van der Waals surface area contributed by atoms with Crippen LogP contribution in [0.4, 0.5) is 0 Å². The smallest absolute Gasteiger partial charge is 0.164 e. The molecule has 0 radical (unpaired) electrons. The third-order valence-corrected chi connectivity index (χ3v) is 9.71. The fraction of sp³-hybridized carbons (Fsp3) is 0. The van der Waals surface area contributed by atoms with Crippen LogP contribution in [0.5, 0.6) is 0 Å². The van der Waals surface area contributed by atoms with Crippen molar-refractivity contribution in [2.45, 2.75) is 0 Å². The zero-order valence-electron chi connectivity index (χ0n) is 38.2. The molecule has 0 fully saturated rings. The lowest BCUT2D eigenvalue weighted by molar-refractivity contribution is 1.07. The molecule has 0 aliphatic rings. The van der Waals surface area contributed by atoms with Crippen LogP contribution in [0.15, 0.2) is 206 Å². The van der Waals surface area contributed by atoms with Crippen molar-refractivity contribution in [1.82, 2.24) is 19.5 Å². The molecule has 0 saturated heterocycles. The Morgan fingerprint density at radius 1 is 0.345 bits per heavy atom. The highest BCUT2D eigenvalue weighted by molar-refractivity contribution is 6.13. The van der Waals surface area contributed by atoms with E-state index < -0.39 is 42.3 Å². The molecule has 0 aliphatic carbocycles. The topological polar surface area (TPSA) is 43.6 Å². The first-order valence-electron chi connectivity index (χ1n) is 22.3. The van der Waals surface area contributed by atoms with Gasteiger partial charge in [-0.25, -0.2) is 15.0 Å². The van der Waals surface area contributed by atoms with Crippen LogP contribution in [0.3, 0.4) is 0 Å². The lowest BCUT2D eigenvalue weighted by Gasteiger charge is -2.13. The van der Waals surface area contributed by atoms with Gasteiger partial charge >= 0.3 is 0 Å². The van der Waals surface area contributed by atoms with Gasteiger partial charge in [0, 0.05) is 38.7 Å². The lowest BCUT2D eigenvalue weighted by Crippen LogP contribution is -2.01. The number of fused-ring (bicyclic) bond motifs is 3. The summed E-state index contributed by atoms with van der Waals surface area (Å²) in [7, 11) is 0. The van der Waals surface area contributed by atoms with Crippen LogP contribution in [0.1, 0.15) is 12.3 Å². The van der Waals surface area contributed by atoms with Crippen LogP contribution in [-0.4, -0.2) is 19.5 Å². The largest absolute Gasteiger partial charge is 0.309 e. The summed E-state index contributed by atoms with van der Waals surface area (Å²) in [6.45, 7) is 0. The average molecular weight is 712 g/mol. The minimum absolute atomic E-state index is 0.0496. The van der Waals surface area contributed by atoms with Crippen LogP contribution in [0.25, 0.3) is 95.0 Å². The molecule has 10 rings (SSSR count). The molecule has 258 valence electrons. The van der Waals surface area contributed by atoms with E-state index in [1.807, 2.05) is 97.1 Å². The predicted octanol–water partition coefficient (Wildman–Crippen LogP) is 13.0. The molecule has 0 atom stereocenters. The second-order valence-electron chi connectivity index (χ2n) is 13.0. The summed E-state index contributed by atoms with van der Waals surface area (Å²) in [6.07, 6.45) is 0. The van der Waals surface area contributed by atoms with Gasteiger partial charge in [0.15, 0.2) is 17.5 Å². The minimum Gasteiger partial charge on any atom is -0.309 e. The Morgan fingerprint density at radius 2 is 0.800 bits per heavy atom. The SMILES string of the molecule is [2H]c1c([2H])c([2H])c(-c2cccc3c4c([2H])c([2H])c([2H])c([2H])c4n(-c4ccc(-c5nc(-c6ccc(-c7ccccc7)cc6)nc(-c6ccc(-c7ccccc7)cc6)n5)cc4)c23)c([2H])c1[2H]. The van der Waals surface area contributed by atoms with Crippen LogP contribution in [0.2, 0.25) is 0 Å². The molecular formula is C51H34N4. The second kappa shape index (κ2) is 13.8. The van der Waals surface area contributed by atoms with Gasteiger partial charge in [0.25, 0.3) is 0 Å². The first-order chi connectivity index (χ1) is 31.0. The molecule has 0 saturated carbocycles. The Kier molecular flexibility index (Phi) is 6.04. The van der Waals surface area contributed by atoms with Crippen LogP contribution < -0.4 is 0 Å². The van der Waals surface area contributed by atoms with Crippen molar-refractivity contribution < 1.29 is 12.3 Å². The summed E-state index contributed by atoms with van der Waals surface area (Å²) in [4.78, 5) is 14.9. The number of hydrogen-bond acceptors (Lipinski definition) is 3. The van der Waals surface area contributed by atoms with Crippen molar-refractivity contribution in [3.05, 3.63) is 206 Å². The van der Waals surface area contributed by atoms with Gasteiger partial charge in [-0.3, -0.25) is 0 Å². The van der Waals surface area contributed by atoms with E-state index in [9.17, 15) is 0 Å². The molecule has 0 aliphatic heterocycles. The van der Waals surface area contributed by atoms with Crippen LogP contribution >= 0.6 is 0 Å². The summed E-state index contributed by atoms with van der Waals surface area (Å²) < 4.78 is 79.8. The van der Waals surface area contributed by atoms with E-state index in [2.05, 4.69) is 24.3 Å². The van der Waals surface area contributed by atoms with E-state index in [0.29, 0.717) is 39.6 Å². The summed E-state index contributed by atoms with van der Waals surface area (Å²) in [5.74, 6) is 1.34. The van der Waals surface area contributed by atoms with Crippen LogP contribution in [0, 0.1) is 0 Å². The highest BCUT2D eigenvalue weighted by Crippen LogP contribution is 2.38. The molecule has 55 heavy (non-hydrogen) atoms. The number of benzene rings is 8. The van der Waals surface area contributed by atoms with E-state index in [1.165, 1.54) is 0 Å². The van der Waals surface area contributed by atoms with Crippen molar-refractivity contribution in [2.75, 3.05) is 0 Å². The summed E-state index contributed by atoms with van der Waals surface area (Å²) in [5, 5.41) is 0.668. The zero-order valence-corrected chi connectivity index (χ0v) is 29.2. The molecule has 0 N–H and O–H groups in total. The van der Waals surface area contributed by atoms with E-state index >= 15 is 0 Å². The molecule has 0 spiro atoms. The van der Waals surface area contributed by atoms with Gasteiger partial charge in [-0.05, 0) is 58.1 Å². The maximum absolute atomic E-state index is 9.12. The molecule has 2 heterocycles. The van der Waals surface area contributed by atoms with Gasteiger partial charge in [-0.2, -0.15) is 0 Å². The van der Waals surface area contributed by atoms with Gasteiger partial charge < -0.3 is 4.57 Å². The van der Waals surface area contributed by atoms with Gasteiger partial charge in [0.1, 0.15) is 0 Å². The molecule has 0 unspecified atom stereocenters. The van der Waals surface area contributed by atoms with Gasteiger partial charge in [0.2, 0.25) is 0 Å². The highest BCUT2D eigenvalue weighted by Gasteiger charge is 2.18. The molecule has 10 aromatic rings. The highest BCUT2D eigenvalue weighted by atomic mass is 15.0. The van der Waals surface area contributed by atoms with Crippen molar-refractivity contribution in [3.8, 4) is 73.2 Å². The Hall–Kier alpha value is -7.43. The molecule has 8 aromatic carbocycles. The predicted molar refractivity (Wildman–Crippen MR) is 227 cm³/mol. The van der Waals surface area contributed by atoms with Crippen molar-refractivity contribution in [2.24, 2.45) is 0 Å². The number of para-hydroxylation sites is 2. The zero-order chi connectivity index (χ0) is 44.4. The fourth-order valence-corrected chi connectivity index (χ4v) is 7.02. The number of rotatable bonds is 7. The summed E-state index contributed by atoms with van der Waals surface area (Å²) in [5.41, 5.74) is 7.76. The Morgan fingerprint density at radius 3 is 1.35 bits per heavy atom. The molecule has 0 amide bonds. The quantitative estimate of drug-likeness (QED) is 0.165. The maximum atomic E-state index is 9.12. The van der Waals surface area contributed by atoms with E-state index in [4.69, 9.17) is 27.3 Å². The monoisotopic (exact) mass is 711 g/mol.